The van der Waals surface area contributed by atoms with Gasteiger partial charge < -0.3 is 10.1 Å². The monoisotopic (exact) mass is 370 g/mol. The third kappa shape index (κ3) is 7.66. The van der Waals surface area contributed by atoms with Gasteiger partial charge in [0.2, 0.25) is 10.0 Å². The minimum atomic E-state index is -3.54. The number of benzene rings is 1. The fraction of sp³-hybridized carbons (Fsp3) is 0.529. The largest absolute Gasteiger partial charge is 0.454 e. The van der Waals surface area contributed by atoms with Crippen molar-refractivity contribution < 1.29 is 22.7 Å². The van der Waals surface area contributed by atoms with Gasteiger partial charge in [-0.25, -0.2) is 13.1 Å². The van der Waals surface area contributed by atoms with E-state index in [4.69, 9.17) is 4.74 Å². The van der Waals surface area contributed by atoms with Crippen LogP contribution in [0.15, 0.2) is 18.2 Å². The van der Waals surface area contributed by atoms with E-state index in [1.54, 1.807) is 6.07 Å². The van der Waals surface area contributed by atoms with Gasteiger partial charge >= 0.3 is 5.97 Å². The Balaban J connectivity index is 2.48. The molecule has 0 aliphatic carbocycles. The van der Waals surface area contributed by atoms with E-state index in [0.29, 0.717) is 12.1 Å². The smallest absolute Gasteiger partial charge is 0.324 e. The molecule has 1 rings (SSSR count). The van der Waals surface area contributed by atoms with Crippen LogP contribution in [0.25, 0.3) is 0 Å². The summed E-state index contributed by atoms with van der Waals surface area (Å²) in [5, 5.41) is 2.65. The Kier molecular flexibility index (Phi) is 8.05. The molecule has 2 N–H and O–H groups in total. The third-order valence-corrected chi connectivity index (χ3v) is 5.02. The van der Waals surface area contributed by atoms with E-state index < -0.39 is 34.5 Å². The second-order valence-corrected chi connectivity index (χ2v) is 7.86. The highest BCUT2D eigenvalue weighted by molar-refractivity contribution is 7.89. The van der Waals surface area contributed by atoms with Crippen LogP contribution < -0.4 is 10.0 Å². The first kappa shape index (κ1) is 21.1. The lowest BCUT2D eigenvalue weighted by molar-refractivity contribution is -0.148. The molecule has 0 aromatic heterocycles. The number of nitrogens with one attached hydrogen (secondary N) is 2. The highest BCUT2D eigenvalue weighted by Crippen LogP contribution is 2.15. The maximum absolute atomic E-state index is 11.9. The number of unbranched alkanes of at least 4 members (excludes halogenated alkanes) is 1. The number of hydrogen-bond acceptors (Lipinski definition) is 5. The van der Waals surface area contributed by atoms with Crippen LogP contribution in [0.2, 0.25) is 0 Å². The SMILES string of the molecule is CCCCS(=O)(=O)N[C@@H](C)C(=O)OCC(=O)Nc1ccc(C)cc1C. The van der Waals surface area contributed by atoms with Crippen molar-refractivity contribution in [1.82, 2.24) is 4.72 Å². The number of anilines is 1. The first-order valence-corrected chi connectivity index (χ1v) is 9.83. The number of sulfonamides is 1. The summed E-state index contributed by atoms with van der Waals surface area (Å²) in [6.07, 6.45) is 1.24. The minimum absolute atomic E-state index is 0.0473. The summed E-state index contributed by atoms with van der Waals surface area (Å²) in [5.74, 6) is -1.33. The lowest BCUT2D eigenvalue weighted by Crippen LogP contribution is -2.41. The van der Waals surface area contributed by atoms with Crippen molar-refractivity contribution in [1.29, 1.82) is 0 Å². The van der Waals surface area contributed by atoms with Crippen molar-refractivity contribution >= 4 is 27.6 Å². The van der Waals surface area contributed by atoms with Crippen LogP contribution in [-0.2, 0) is 24.3 Å². The Morgan fingerprint density at radius 1 is 1.24 bits per heavy atom. The van der Waals surface area contributed by atoms with Gasteiger partial charge in [-0.05, 0) is 38.8 Å². The van der Waals surface area contributed by atoms with Gasteiger partial charge in [0.1, 0.15) is 6.04 Å². The van der Waals surface area contributed by atoms with E-state index >= 15 is 0 Å². The molecule has 0 unspecified atom stereocenters. The van der Waals surface area contributed by atoms with E-state index in [9.17, 15) is 18.0 Å². The van der Waals surface area contributed by atoms with Gasteiger partial charge in [-0.2, -0.15) is 0 Å². The summed E-state index contributed by atoms with van der Waals surface area (Å²) < 4.78 is 30.6. The normalized spacial score (nSPS) is 12.5. The molecule has 7 nitrogen and oxygen atoms in total. The number of aryl methyl sites for hydroxylation is 2. The minimum Gasteiger partial charge on any atom is -0.454 e. The Morgan fingerprint density at radius 2 is 1.92 bits per heavy atom. The lowest BCUT2D eigenvalue weighted by atomic mass is 10.1. The lowest BCUT2D eigenvalue weighted by Gasteiger charge is -2.14. The van der Waals surface area contributed by atoms with Crippen molar-refractivity contribution in [2.24, 2.45) is 0 Å². The van der Waals surface area contributed by atoms with E-state index in [0.717, 1.165) is 17.5 Å². The summed E-state index contributed by atoms with van der Waals surface area (Å²) >= 11 is 0. The third-order valence-electron chi connectivity index (χ3n) is 3.48. The van der Waals surface area contributed by atoms with Gasteiger partial charge in [0, 0.05) is 5.69 Å². The molecule has 0 heterocycles. The van der Waals surface area contributed by atoms with Gasteiger partial charge in [-0.1, -0.05) is 31.0 Å². The molecule has 0 saturated heterocycles. The number of hydrogen-bond donors (Lipinski definition) is 2. The zero-order chi connectivity index (χ0) is 19.0. The van der Waals surface area contributed by atoms with E-state index in [1.165, 1.54) is 6.92 Å². The predicted molar refractivity (Wildman–Crippen MR) is 96.8 cm³/mol. The number of amides is 1. The second-order valence-electron chi connectivity index (χ2n) is 5.99. The molecule has 0 aliphatic rings. The van der Waals surface area contributed by atoms with Crippen molar-refractivity contribution in [3.8, 4) is 0 Å². The van der Waals surface area contributed by atoms with E-state index in [-0.39, 0.29) is 5.75 Å². The molecule has 0 radical (unpaired) electrons. The average molecular weight is 370 g/mol. The Morgan fingerprint density at radius 3 is 2.52 bits per heavy atom. The molecular formula is C17H26N2O5S. The summed E-state index contributed by atoms with van der Waals surface area (Å²) in [7, 11) is -3.54. The molecular weight excluding hydrogens is 344 g/mol. The number of esters is 1. The molecule has 0 spiro atoms. The molecule has 1 aromatic rings. The van der Waals surface area contributed by atoms with Crippen LogP contribution >= 0.6 is 0 Å². The van der Waals surface area contributed by atoms with Crippen molar-refractivity contribution in [3.05, 3.63) is 29.3 Å². The Bertz CT molecular complexity index is 716. The maximum atomic E-state index is 11.9. The van der Waals surface area contributed by atoms with Crippen LogP contribution in [-0.4, -0.2) is 38.7 Å². The second kappa shape index (κ2) is 9.53. The van der Waals surface area contributed by atoms with Gasteiger partial charge in [0.05, 0.1) is 5.75 Å². The number of rotatable bonds is 9. The maximum Gasteiger partial charge on any atom is 0.324 e. The fourth-order valence-electron chi connectivity index (χ4n) is 2.11. The molecule has 0 fully saturated rings. The van der Waals surface area contributed by atoms with Crippen LogP contribution in [0.1, 0.15) is 37.8 Å². The molecule has 1 amide bonds. The van der Waals surface area contributed by atoms with Crippen LogP contribution in [0.5, 0.6) is 0 Å². The number of carbonyl (C=O) groups excluding carboxylic acids is 2. The molecule has 0 bridgehead atoms. The molecule has 0 aliphatic heterocycles. The predicted octanol–water partition coefficient (Wildman–Crippen LogP) is 1.89. The van der Waals surface area contributed by atoms with Gasteiger partial charge in [0.25, 0.3) is 5.91 Å². The standard InChI is InChI=1S/C17H26N2O5S/c1-5-6-9-25(22,23)19-14(4)17(21)24-11-16(20)18-15-8-7-12(2)10-13(15)3/h7-8,10,14,19H,5-6,9,11H2,1-4H3,(H,18,20)/t14-/m0/s1. The van der Waals surface area contributed by atoms with Crippen LogP contribution in [0.4, 0.5) is 5.69 Å². The molecule has 140 valence electrons. The van der Waals surface area contributed by atoms with Crippen molar-refractivity contribution in [2.45, 2.75) is 46.6 Å². The zero-order valence-corrected chi connectivity index (χ0v) is 15.9. The van der Waals surface area contributed by atoms with E-state index in [2.05, 4.69) is 10.0 Å². The summed E-state index contributed by atoms with van der Waals surface area (Å²) in [6.45, 7) is 6.59. The van der Waals surface area contributed by atoms with Gasteiger partial charge in [0.15, 0.2) is 6.61 Å². The summed E-state index contributed by atoms with van der Waals surface area (Å²) in [5.41, 5.74) is 2.61. The summed E-state index contributed by atoms with van der Waals surface area (Å²) in [4.78, 5) is 23.7. The molecule has 1 aromatic carbocycles. The highest BCUT2D eigenvalue weighted by Gasteiger charge is 2.21. The number of carbonyl (C=O) groups is 2. The van der Waals surface area contributed by atoms with Crippen molar-refractivity contribution in [3.63, 3.8) is 0 Å². The Labute approximate surface area is 149 Å². The number of ether oxygens (including phenoxy) is 1. The van der Waals surface area contributed by atoms with Gasteiger partial charge in [-0.15, -0.1) is 0 Å². The first-order valence-electron chi connectivity index (χ1n) is 8.18. The zero-order valence-electron chi connectivity index (χ0n) is 15.1. The molecule has 1 atom stereocenters. The van der Waals surface area contributed by atoms with E-state index in [1.807, 2.05) is 32.9 Å². The molecule has 8 heteroatoms. The van der Waals surface area contributed by atoms with Crippen LogP contribution in [0.3, 0.4) is 0 Å². The summed E-state index contributed by atoms with van der Waals surface area (Å²) in [6, 6.07) is 4.52. The topological polar surface area (TPSA) is 102 Å². The first-order chi connectivity index (χ1) is 11.6. The average Bonchev–Trinajstić information content (AvgIpc) is 2.53. The van der Waals surface area contributed by atoms with Crippen molar-refractivity contribution in [2.75, 3.05) is 17.7 Å². The molecule has 0 saturated carbocycles. The van der Waals surface area contributed by atoms with Crippen LogP contribution in [0, 0.1) is 13.8 Å². The fourth-order valence-corrected chi connectivity index (χ4v) is 3.53. The Hall–Kier alpha value is -1.93. The highest BCUT2D eigenvalue weighted by atomic mass is 32.2. The van der Waals surface area contributed by atoms with Gasteiger partial charge in [-0.3, -0.25) is 9.59 Å². The quantitative estimate of drug-likeness (QED) is 0.647. The molecule has 25 heavy (non-hydrogen) atoms.